The van der Waals surface area contributed by atoms with Crippen molar-refractivity contribution in [2.75, 3.05) is 27.0 Å². The van der Waals surface area contributed by atoms with Gasteiger partial charge in [-0.25, -0.2) is 8.42 Å². The first kappa shape index (κ1) is 20.9. The molecule has 0 aliphatic carbocycles. The minimum atomic E-state index is -3.21. The molecule has 0 radical (unpaired) electrons. The zero-order valence-electron chi connectivity index (χ0n) is 15.8. The predicted octanol–water partition coefficient (Wildman–Crippen LogP) is 2.54. The number of methoxy groups -OCH3 is 2. The number of benzene rings is 2. The standard InChI is InChI=1S/C20H25NO5S/c1-25-17-6-4-5-16(13-17)19(26-2)14-21-20(22)12-9-15-7-10-18(11-8-15)27(3,23)24/h4-8,10-11,13,19H,9,12,14H2,1-3H3,(H,21,22)/t19-/m1/s1. The quantitative estimate of drug-likeness (QED) is 0.710. The van der Waals surface area contributed by atoms with E-state index >= 15 is 0 Å². The fourth-order valence-electron chi connectivity index (χ4n) is 2.64. The lowest BCUT2D eigenvalue weighted by Gasteiger charge is -2.17. The monoisotopic (exact) mass is 391 g/mol. The summed E-state index contributed by atoms with van der Waals surface area (Å²) >= 11 is 0. The molecule has 0 saturated carbocycles. The molecule has 1 atom stereocenters. The number of sulfone groups is 1. The molecule has 1 amide bonds. The van der Waals surface area contributed by atoms with Gasteiger partial charge in [-0.3, -0.25) is 4.79 Å². The molecule has 0 saturated heterocycles. The van der Waals surface area contributed by atoms with Crippen molar-refractivity contribution in [3.63, 3.8) is 0 Å². The van der Waals surface area contributed by atoms with E-state index in [1.807, 2.05) is 24.3 Å². The minimum Gasteiger partial charge on any atom is -0.497 e. The van der Waals surface area contributed by atoms with E-state index in [2.05, 4.69) is 5.32 Å². The molecule has 0 heterocycles. The summed E-state index contributed by atoms with van der Waals surface area (Å²) in [5.74, 6) is 0.644. The van der Waals surface area contributed by atoms with E-state index < -0.39 is 9.84 Å². The average Bonchev–Trinajstić information content (AvgIpc) is 2.66. The van der Waals surface area contributed by atoms with Gasteiger partial charge in [-0.2, -0.15) is 0 Å². The highest BCUT2D eigenvalue weighted by Gasteiger charge is 2.13. The fraction of sp³-hybridized carbons (Fsp3) is 0.350. The molecule has 0 aromatic heterocycles. The lowest BCUT2D eigenvalue weighted by molar-refractivity contribution is -0.121. The molecule has 0 aliphatic heterocycles. The van der Waals surface area contributed by atoms with Crippen molar-refractivity contribution >= 4 is 15.7 Å². The second kappa shape index (κ2) is 9.53. The van der Waals surface area contributed by atoms with Gasteiger partial charge in [-0.05, 0) is 41.8 Å². The summed E-state index contributed by atoms with van der Waals surface area (Å²) < 4.78 is 33.6. The number of hydrogen-bond donors (Lipinski definition) is 1. The molecule has 2 aromatic carbocycles. The Morgan fingerprint density at radius 2 is 1.81 bits per heavy atom. The molecule has 7 heteroatoms. The second-order valence-corrected chi connectivity index (χ2v) is 8.24. The van der Waals surface area contributed by atoms with Crippen LogP contribution < -0.4 is 10.1 Å². The molecule has 6 nitrogen and oxygen atoms in total. The summed E-state index contributed by atoms with van der Waals surface area (Å²) in [6, 6.07) is 14.1. The third-order valence-electron chi connectivity index (χ3n) is 4.23. The highest BCUT2D eigenvalue weighted by Crippen LogP contribution is 2.21. The van der Waals surface area contributed by atoms with Crippen LogP contribution in [0.25, 0.3) is 0 Å². The maximum Gasteiger partial charge on any atom is 0.220 e. The Balaban J connectivity index is 1.86. The van der Waals surface area contributed by atoms with Gasteiger partial charge < -0.3 is 14.8 Å². The van der Waals surface area contributed by atoms with Gasteiger partial charge in [-0.15, -0.1) is 0 Å². The third kappa shape index (κ3) is 6.37. The number of carbonyl (C=O) groups is 1. The van der Waals surface area contributed by atoms with Gasteiger partial charge >= 0.3 is 0 Å². The molecular weight excluding hydrogens is 366 g/mol. The Morgan fingerprint density at radius 1 is 1.11 bits per heavy atom. The Hall–Kier alpha value is -2.38. The smallest absolute Gasteiger partial charge is 0.220 e. The summed E-state index contributed by atoms with van der Waals surface area (Å²) in [6.07, 6.45) is 1.75. The van der Waals surface area contributed by atoms with Gasteiger partial charge in [0.2, 0.25) is 5.91 Å². The van der Waals surface area contributed by atoms with Crippen LogP contribution in [-0.2, 0) is 25.8 Å². The van der Waals surface area contributed by atoms with Crippen LogP contribution in [0.1, 0.15) is 23.7 Å². The van der Waals surface area contributed by atoms with Crippen LogP contribution in [0, 0.1) is 0 Å². The first-order valence-electron chi connectivity index (χ1n) is 8.56. The lowest BCUT2D eigenvalue weighted by atomic mass is 10.1. The number of amides is 1. The first-order chi connectivity index (χ1) is 12.8. The van der Waals surface area contributed by atoms with Crippen molar-refractivity contribution in [3.05, 3.63) is 59.7 Å². The minimum absolute atomic E-state index is 0.0906. The fourth-order valence-corrected chi connectivity index (χ4v) is 3.27. The van der Waals surface area contributed by atoms with E-state index in [-0.39, 0.29) is 16.9 Å². The van der Waals surface area contributed by atoms with Crippen LogP contribution >= 0.6 is 0 Å². The summed E-state index contributed by atoms with van der Waals surface area (Å²) in [7, 11) is -0.00630. The van der Waals surface area contributed by atoms with Gasteiger partial charge in [0, 0.05) is 26.3 Å². The summed E-state index contributed by atoms with van der Waals surface area (Å²) in [5.41, 5.74) is 1.84. The normalized spacial score (nSPS) is 12.4. The van der Waals surface area contributed by atoms with E-state index in [1.54, 1.807) is 38.5 Å². The van der Waals surface area contributed by atoms with Gasteiger partial charge in [0.1, 0.15) is 5.75 Å². The number of carbonyl (C=O) groups excluding carboxylic acids is 1. The molecule has 27 heavy (non-hydrogen) atoms. The van der Waals surface area contributed by atoms with Crippen molar-refractivity contribution in [1.82, 2.24) is 5.32 Å². The van der Waals surface area contributed by atoms with Gasteiger partial charge in [0.05, 0.1) is 18.1 Å². The van der Waals surface area contributed by atoms with Crippen LogP contribution in [0.15, 0.2) is 53.4 Å². The molecule has 0 unspecified atom stereocenters. The van der Waals surface area contributed by atoms with Crippen LogP contribution in [0.3, 0.4) is 0 Å². The summed E-state index contributed by atoms with van der Waals surface area (Å²) in [4.78, 5) is 12.4. The number of rotatable bonds is 9. The van der Waals surface area contributed by atoms with E-state index in [4.69, 9.17) is 9.47 Å². The second-order valence-electron chi connectivity index (χ2n) is 6.22. The largest absolute Gasteiger partial charge is 0.497 e. The van der Waals surface area contributed by atoms with Crippen molar-refractivity contribution in [2.45, 2.75) is 23.8 Å². The molecule has 2 rings (SSSR count). The van der Waals surface area contributed by atoms with E-state index in [9.17, 15) is 13.2 Å². The molecule has 0 spiro atoms. The van der Waals surface area contributed by atoms with Crippen LogP contribution in [-0.4, -0.2) is 41.3 Å². The van der Waals surface area contributed by atoms with Gasteiger partial charge in [-0.1, -0.05) is 24.3 Å². The molecule has 146 valence electrons. The van der Waals surface area contributed by atoms with Crippen molar-refractivity contribution in [2.24, 2.45) is 0 Å². The third-order valence-corrected chi connectivity index (χ3v) is 5.36. The van der Waals surface area contributed by atoms with Gasteiger partial charge in [0.25, 0.3) is 0 Å². The predicted molar refractivity (Wildman–Crippen MR) is 104 cm³/mol. The highest BCUT2D eigenvalue weighted by atomic mass is 32.2. The number of ether oxygens (including phenoxy) is 2. The molecule has 1 N–H and O–H groups in total. The Morgan fingerprint density at radius 3 is 2.41 bits per heavy atom. The molecular formula is C20H25NO5S. The summed E-state index contributed by atoms with van der Waals surface area (Å²) in [5, 5.41) is 2.87. The van der Waals surface area contributed by atoms with Crippen LogP contribution in [0.2, 0.25) is 0 Å². The zero-order valence-corrected chi connectivity index (χ0v) is 16.6. The number of nitrogens with one attached hydrogen (secondary N) is 1. The van der Waals surface area contributed by atoms with Crippen LogP contribution in [0.4, 0.5) is 0 Å². The highest BCUT2D eigenvalue weighted by molar-refractivity contribution is 7.90. The van der Waals surface area contributed by atoms with Crippen molar-refractivity contribution in [1.29, 1.82) is 0 Å². The Kier molecular flexibility index (Phi) is 7.38. The van der Waals surface area contributed by atoms with E-state index in [0.717, 1.165) is 16.9 Å². The summed E-state index contributed by atoms with van der Waals surface area (Å²) in [6.45, 7) is 0.357. The molecule has 0 aliphatic rings. The van der Waals surface area contributed by atoms with Crippen molar-refractivity contribution in [3.8, 4) is 5.75 Å². The van der Waals surface area contributed by atoms with Crippen molar-refractivity contribution < 1.29 is 22.7 Å². The maximum absolute atomic E-state index is 12.1. The average molecular weight is 391 g/mol. The molecule has 2 aromatic rings. The lowest BCUT2D eigenvalue weighted by Crippen LogP contribution is -2.29. The van der Waals surface area contributed by atoms with E-state index in [0.29, 0.717) is 19.4 Å². The van der Waals surface area contributed by atoms with E-state index in [1.165, 1.54) is 6.26 Å². The van der Waals surface area contributed by atoms with Crippen LogP contribution in [0.5, 0.6) is 5.75 Å². The maximum atomic E-state index is 12.1. The zero-order chi connectivity index (χ0) is 19.9. The molecule has 0 bridgehead atoms. The SMILES string of the molecule is COc1cccc([C@@H](CNC(=O)CCc2ccc(S(C)(=O)=O)cc2)OC)c1. The molecule has 0 fully saturated rings. The van der Waals surface area contributed by atoms with Gasteiger partial charge in [0.15, 0.2) is 9.84 Å². The number of hydrogen-bond acceptors (Lipinski definition) is 5. The number of aryl methyl sites for hydroxylation is 1. The Labute approximate surface area is 160 Å². The topological polar surface area (TPSA) is 81.7 Å². The first-order valence-corrected chi connectivity index (χ1v) is 10.4. The Bertz CT molecular complexity index is 862.